The molecule has 0 radical (unpaired) electrons. The van der Waals surface area contributed by atoms with Crippen LogP contribution in [0.1, 0.15) is 26.2 Å². The molecule has 0 unspecified atom stereocenters. The Labute approximate surface area is 102 Å². The molecular weight excluding hydrogens is 317 g/mol. The Bertz CT molecular complexity index is 340. The molecule has 0 aliphatic rings. The second kappa shape index (κ2) is 7.48. The van der Waals surface area contributed by atoms with E-state index in [9.17, 15) is 7.87 Å². The molecule has 0 aromatic carbocycles. The van der Waals surface area contributed by atoms with Crippen LogP contribution in [0.25, 0.3) is 0 Å². The van der Waals surface area contributed by atoms with Crippen molar-refractivity contribution in [2.75, 3.05) is 0 Å². The quantitative estimate of drug-likeness (QED) is 0.695. The molecule has 0 fully saturated rings. The van der Waals surface area contributed by atoms with Gasteiger partial charge in [0.25, 0.3) is 0 Å². The predicted molar refractivity (Wildman–Crippen MR) is 56.9 cm³/mol. The number of carbonyl (C=O) groups excluding carboxylic acids is 1. The number of unbranched alkanes of at least 4 members (excludes halogenated alkanes) is 1. The molecule has 6 nitrogen and oxygen atoms in total. The number of nitrogens with zero attached hydrogens (tertiary/aromatic N) is 3. The Kier molecular flexibility index (Phi) is 6.20. The fraction of sp³-hybridized carbons (Fsp3) is 0.667. The van der Waals surface area contributed by atoms with Gasteiger partial charge in [0.1, 0.15) is 0 Å². The zero-order chi connectivity index (χ0) is 11.8. The molecule has 1 rings (SSSR count). The van der Waals surface area contributed by atoms with Crippen LogP contribution in [0.5, 0.6) is 0 Å². The molecule has 16 heavy (non-hydrogen) atoms. The van der Waals surface area contributed by atoms with Crippen molar-refractivity contribution in [1.29, 1.82) is 0 Å². The number of hydrogen-bond donors (Lipinski definition) is 0. The molecule has 7 heteroatoms. The van der Waals surface area contributed by atoms with E-state index in [0.29, 0.717) is 11.0 Å². The predicted octanol–water partition coefficient (Wildman–Crippen LogP) is 0.930. The topological polar surface area (TPSA) is 74.1 Å². The third-order valence-electron chi connectivity index (χ3n) is 1.98. The molecular formula is C9H15N3O3Sn. The monoisotopic (exact) mass is 333 g/mol. The first-order valence-electron chi connectivity index (χ1n) is 5.30. The molecule has 1 heterocycles. The van der Waals surface area contributed by atoms with E-state index in [2.05, 4.69) is 10.3 Å². The van der Waals surface area contributed by atoms with Gasteiger partial charge in [0.05, 0.1) is 0 Å². The van der Waals surface area contributed by atoms with Crippen LogP contribution in [0.3, 0.4) is 0 Å². The van der Waals surface area contributed by atoms with Gasteiger partial charge in [-0.05, 0) is 0 Å². The molecule has 0 aliphatic heterocycles. The number of aryl methyl sites for hydroxylation is 1. The van der Waals surface area contributed by atoms with Crippen LogP contribution in [0, 0.1) is 0 Å². The van der Waals surface area contributed by atoms with E-state index in [0.717, 1.165) is 12.8 Å². The maximum atomic E-state index is 11.4. The Morgan fingerprint density at radius 3 is 3.00 bits per heavy atom. The van der Waals surface area contributed by atoms with Crippen molar-refractivity contribution < 1.29 is 10.9 Å². The molecule has 0 saturated carbocycles. The van der Waals surface area contributed by atoms with Gasteiger partial charge in [-0.2, -0.15) is 0 Å². The normalized spacial score (nSPS) is 10.1. The van der Waals surface area contributed by atoms with Crippen LogP contribution in [-0.2, 0) is 17.5 Å². The van der Waals surface area contributed by atoms with E-state index >= 15 is 0 Å². The van der Waals surface area contributed by atoms with Gasteiger partial charge < -0.3 is 0 Å². The molecule has 1 aromatic rings. The number of hydrogen-bond acceptors (Lipinski definition) is 5. The van der Waals surface area contributed by atoms with Gasteiger partial charge in [-0.1, -0.05) is 0 Å². The minimum absolute atomic E-state index is 0.196. The molecule has 0 spiro atoms. The molecule has 0 saturated heterocycles. The van der Waals surface area contributed by atoms with Crippen LogP contribution < -0.4 is 0 Å². The van der Waals surface area contributed by atoms with E-state index < -0.39 is 26.1 Å². The van der Waals surface area contributed by atoms with Gasteiger partial charge in [-0.15, -0.1) is 0 Å². The fourth-order valence-corrected chi connectivity index (χ4v) is 4.25. The first-order chi connectivity index (χ1) is 7.72. The summed E-state index contributed by atoms with van der Waals surface area (Å²) in [4.78, 5) is 11.3. The molecule has 0 amide bonds. The third-order valence-corrected chi connectivity index (χ3v) is 5.45. The number of aromatic nitrogens is 3. The SMILES string of the molecule is CCC[CH2][Sn](=[O])[O]C(=O)CCn1ccnn1. The zero-order valence-electron chi connectivity index (χ0n) is 9.26. The molecule has 0 aliphatic carbocycles. The first-order valence-corrected chi connectivity index (χ1v) is 9.65. The van der Waals surface area contributed by atoms with Gasteiger partial charge in [0.2, 0.25) is 0 Å². The van der Waals surface area contributed by atoms with E-state index in [1.165, 1.54) is 0 Å². The molecule has 0 atom stereocenters. The summed E-state index contributed by atoms with van der Waals surface area (Å²) in [5.41, 5.74) is 0. The Morgan fingerprint density at radius 1 is 1.56 bits per heavy atom. The van der Waals surface area contributed by atoms with Crippen molar-refractivity contribution in [2.24, 2.45) is 0 Å². The van der Waals surface area contributed by atoms with Crippen molar-refractivity contribution in [3.05, 3.63) is 12.4 Å². The van der Waals surface area contributed by atoms with Crippen LogP contribution in [0.4, 0.5) is 0 Å². The van der Waals surface area contributed by atoms with E-state index in [4.69, 9.17) is 3.07 Å². The molecule has 1 aromatic heterocycles. The number of rotatable bonds is 7. The maximum absolute atomic E-state index is 11.4. The zero-order valence-corrected chi connectivity index (χ0v) is 12.1. The Balaban J connectivity index is 2.18. The van der Waals surface area contributed by atoms with Crippen molar-refractivity contribution in [3.8, 4) is 0 Å². The summed E-state index contributed by atoms with van der Waals surface area (Å²) >= 11 is -3.07. The summed E-state index contributed by atoms with van der Waals surface area (Å²) < 4.78 is 18.4. The van der Waals surface area contributed by atoms with Gasteiger partial charge >= 0.3 is 102 Å². The average Bonchev–Trinajstić information content (AvgIpc) is 2.76. The summed E-state index contributed by atoms with van der Waals surface area (Å²) in [5, 5.41) is 7.33. The van der Waals surface area contributed by atoms with E-state index in [-0.39, 0.29) is 6.42 Å². The number of carbonyl (C=O) groups is 1. The fourth-order valence-electron chi connectivity index (χ4n) is 1.11. The molecule has 0 bridgehead atoms. The molecule has 88 valence electrons. The average molecular weight is 332 g/mol. The van der Waals surface area contributed by atoms with Crippen LogP contribution in [-0.4, -0.2) is 41.1 Å². The first kappa shape index (κ1) is 13.3. The van der Waals surface area contributed by atoms with Crippen LogP contribution in [0.15, 0.2) is 12.4 Å². The Morgan fingerprint density at radius 2 is 2.38 bits per heavy atom. The second-order valence-electron chi connectivity index (χ2n) is 3.37. The van der Waals surface area contributed by atoms with Crippen LogP contribution >= 0.6 is 0 Å². The Hall–Kier alpha value is -0.791. The second-order valence-corrected chi connectivity index (χ2v) is 7.50. The van der Waals surface area contributed by atoms with Crippen LogP contribution in [0.2, 0.25) is 4.44 Å². The minimum atomic E-state index is -3.07. The van der Waals surface area contributed by atoms with Crippen molar-refractivity contribution >= 4 is 26.1 Å². The standard InChI is InChI=1S/C5H7N3O2.C4H9.O.Sn/c9-5(10)1-3-8-4-2-6-7-8;1-3-4-2;;/h2,4H,1,3H2,(H,9,10);1,3-4H2,2H3;;/q;;;+1/p-1. The summed E-state index contributed by atoms with van der Waals surface area (Å²) in [6, 6.07) is 0. The van der Waals surface area contributed by atoms with Crippen molar-refractivity contribution in [2.45, 2.75) is 37.2 Å². The van der Waals surface area contributed by atoms with Gasteiger partial charge in [0.15, 0.2) is 0 Å². The van der Waals surface area contributed by atoms with E-state index in [1.807, 2.05) is 6.92 Å². The van der Waals surface area contributed by atoms with Gasteiger partial charge in [-0.3, -0.25) is 0 Å². The summed E-state index contributed by atoms with van der Waals surface area (Å²) in [5.74, 6) is -0.393. The molecule has 0 N–H and O–H groups in total. The third kappa shape index (κ3) is 5.34. The van der Waals surface area contributed by atoms with E-state index in [1.54, 1.807) is 17.1 Å². The summed E-state index contributed by atoms with van der Waals surface area (Å²) in [7, 11) is 0. The van der Waals surface area contributed by atoms with Gasteiger partial charge in [-0.25, -0.2) is 0 Å². The van der Waals surface area contributed by atoms with Crippen molar-refractivity contribution in [3.63, 3.8) is 0 Å². The van der Waals surface area contributed by atoms with Crippen molar-refractivity contribution in [1.82, 2.24) is 15.0 Å². The summed E-state index contributed by atoms with van der Waals surface area (Å²) in [6.45, 7) is 2.44. The summed E-state index contributed by atoms with van der Waals surface area (Å²) in [6.07, 6.45) is 5.25. The van der Waals surface area contributed by atoms with Gasteiger partial charge in [0, 0.05) is 0 Å².